The van der Waals surface area contributed by atoms with Crippen LogP contribution in [0, 0.1) is 0 Å². The highest BCUT2D eigenvalue weighted by Gasteiger charge is 2.23. The molecule has 0 saturated heterocycles. The minimum atomic E-state index is 0.169. The molecule has 1 aliphatic rings. The van der Waals surface area contributed by atoms with Crippen LogP contribution >= 0.6 is 11.8 Å². The zero-order chi connectivity index (χ0) is 14.7. The molecule has 3 rings (SSSR count). The molecule has 1 unspecified atom stereocenters. The van der Waals surface area contributed by atoms with E-state index in [-0.39, 0.29) is 5.78 Å². The van der Waals surface area contributed by atoms with Gasteiger partial charge in [-0.3, -0.25) is 4.79 Å². The van der Waals surface area contributed by atoms with Crippen LogP contribution in [0.2, 0.25) is 0 Å². The van der Waals surface area contributed by atoms with Crippen molar-refractivity contribution in [3.63, 3.8) is 0 Å². The fourth-order valence-corrected chi connectivity index (χ4v) is 3.74. The van der Waals surface area contributed by atoms with Crippen molar-refractivity contribution in [2.75, 3.05) is 12.4 Å². The van der Waals surface area contributed by atoms with Crippen molar-refractivity contribution in [2.24, 2.45) is 0 Å². The van der Waals surface area contributed by atoms with Gasteiger partial charge in [-0.1, -0.05) is 25.1 Å². The molecule has 3 heteroatoms. The molecule has 0 radical (unpaired) electrons. The van der Waals surface area contributed by atoms with Crippen molar-refractivity contribution in [2.45, 2.75) is 24.2 Å². The van der Waals surface area contributed by atoms with Crippen LogP contribution < -0.4 is 4.74 Å². The fraction of sp³-hybridized carbons (Fsp3) is 0.278. The van der Waals surface area contributed by atoms with Gasteiger partial charge in [0.25, 0.3) is 0 Å². The summed E-state index contributed by atoms with van der Waals surface area (Å²) in [4.78, 5) is 13.0. The number of thioether (sulfide) groups is 1. The van der Waals surface area contributed by atoms with Gasteiger partial charge in [0.1, 0.15) is 5.75 Å². The summed E-state index contributed by atoms with van der Waals surface area (Å²) in [5.41, 5.74) is 2.15. The van der Waals surface area contributed by atoms with Gasteiger partial charge in [0.2, 0.25) is 0 Å². The number of benzene rings is 2. The zero-order valence-electron chi connectivity index (χ0n) is 12.0. The van der Waals surface area contributed by atoms with Gasteiger partial charge in [-0.2, -0.15) is 0 Å². The maximum absolute atomic E-state index is 11.6. The Kier molecular flexibility index (Phi) is 4.30. The fourth-order valence-electron chi connectivity index (χ4n) is 2.51. The molecule has 2 aromatic carbocycles. The van der Waals surface area contributed by atoms with E-state index >= 15 is 0 Å². The number of hydrogen-bond donors (Lipinski definition) is 0. The Morgan fingerprint density at radius 3 is 2.71 bits per heavy atom. The van der Waals surface area contributed by atoms with Crippen LogP contribution in [0.3, 0.4) is 0 Å². The summed E-state index contributed by atoms with van der Waals surface area (Å²) in [5, 5.41) is 0. The van der Waals surface area contributed by atoms with Gasteiger partial charge < -0.3 is 4.74 Å². The summed E-state index contributed by atoms with van der Waals surface area (Å²) in [6, 6.07) is 16.0. The highest BCUT2D eigenvalue weighted by Crippen LogP contribution is 2.39. The average Bonchev–Trinajstić information content (AvgIpc) is 2.96. The largest absolute Gasteiger partial charge is 0.493 e. The molecule has 0 N–H and O–H groups in total. The molecule has 2 aromatic rings. The molecular weight excluding hydrogens is 280 g/mol. The Balaban J connectivity index is 1.62. The van der Waals surface area contributed by atoms with Gasteiger partial charge in [0.15, 0.2) is 5.78 Å². The number of carbonyl (C=O) groups is 1. The highest BCUT2D eigenvalue weighted by atomic mass is 32.2. The number of ketones is 1. The molecule has 0 amide bonds. The molecule has 0 saturated carbocycles. The van der Waals surface area contributed by atoms with Gasteiger partial charge in [-0.25, -0.2) is 0 Å². The maximum atomic E-state index is 11.6. The summed E-state index contributed by atoms with van der Waals surface area (Å²) in [6.45, 7) is 2.56. The van der Waals surface area contributed by atoms with E-state index in [2.05, 4.69) is 24.3 Å². The van der Waals surface area contributed by atoms with Crippen LogP contribution in [0.1, 0.15) is 35.2 Å². The molecule has 1 heterocycles. The molecule has 108 valence electrons. The van der Waals surface area contributed by atoms with Crippen LogP contribution in [0.25, 0.3) is 0 Å². The Bertz CT molecular complexity index is 634. The van der Waals surface area contributed by atoms with E-state index in [1.807, 2.05) is 43.0 Å². The lowest BCUT2D eigenvalue weighted by molar-refractivity contribution is 0.0988. The van der Waals surface area contributed by atoms with Gasteiger partial charge in [-0.05, 0) is 35.9 Å². The van der Waals surface area contributed by atoms with Crippen LogP contribution in [0.15, 0.2) is 53.4 Å². The predicted octanol–water partition coefficient (Wildman–Crippen LogP) is 4.55. The van der Waals surface area contributed by atoms with Crippen LogP contribution in [-0.2, 0) is 0 Å². The van der Waals surface area contributed by atoms with Gasteiger partial charge in [0, 0.05) is 28.6 Å². The second kappa shape index (κ2) is 6.35. The van der Waals surface area contributed by atoms with Crippen molar-refractivity contribution in [3.8, 4) is 5.75 Å². The summed E-state index contributed by atoms with van der Waals surface area (Å²) in [6.07, 6.45) is 0.538. The third-order valence-corrected chi connectivity index (χ3v) is 5.00. The Morgan fingerprint density at radius 2 is 1.95 bits per heavy atom. The van der Waals surface area contributed by atoms with Crippen LogP contribution in [-0.4, -0.2) is 18.1 Å². The number of carbonyl (C=O) groups excluding carboxylic acids is 1. The first kappa shape index (κ1) is 14.2. The predicted molar refractivity (Wildman–Crippen MR) is 86.5 cm³/mol. The Labute approximate surface area is 129 Å². The minimum Gasteiger partial charge on any atom is -0.493 e. The van der Waals surface area contributed by atoms with E-state index in [9.17, 15) is 4.79 Å². The average molecular weight is 298 g/mol. The SMILES string of the molecule is CCC(=O)c1ccc(OCC2CSc3ccccc32)cc1. The number of hydrogen-bond acceptors (Lipinski definition) is 3. The lowest BCUT2D eigenvalue weighted by Gasteiger charge is -2.12. The molecule has 0 spiro atoms. The van der Waals surface area contributed by atoms with Gasteiger partial charge in [0.05, 0.1) is 6.61 Å². The molecule has 2 nitrogen and oxygen atoms in total. The lowest BCUT2D eigenvalue weighted by atomic mass is 10.0. The first-order valence-electron chi connectivity index (χ1n) is 7.25. The van der Waals surface area contributed by atoms with E-state index in [4.69, 9.17) is 4.74 Å². The van der Waals surface area contributed by atoms with E-state index < -0.39 is 0 Å². The quantitative estimate of drug-likeness (QED) is 0.758. The maximum Gasteiger partial charge on any atom is 0.162 e. The second-order valence-electron chi connectivity index (χ2n) is 5.16. The second-order valence-corrected chi connectivity index (χ2v) is 6.22. The summed E-state index contributed by atoms with van der Waals surface area (Å²) in [7, 11) is 0. The summed E-state index contributed by atoms with van der Waals surface area (Å²) in [5.74, 6) is 2.52. The van der Waals surface area contributed by atoms with Crippen molar-refractivity contribution in [1.29, 1.82) is 0 Å². The van der Waals surface area contributed by atoms with E-state index in [0.29, 0.717) is 18.9 Å². The topological polar surface area (TPSA) is 26.3 Å². The van der Waals surface area contributed by atoms with Crippen molar-refractivity contribution < 1.29 is 9.53 Å². The molecule has 0 bridgehead atoms. The smallest absolute Gasteiger partial charge is 0.162 e. The normalized spacial score (nSPS) is 16.5. The number of ether oxygens (including phenoxy) is 1. The molecule has 0 fully saturated rings. The standard InChI is InChI=1S/C18H18O2S/c1-2-17(19)13-7-9-15(10-8-13)20-11-14-12-21-18-6-4-3-5-16(14)18/h3-10,14H,2,11-12H2,1H3. The molecular formula is C18H18O2S. The van der Waals surface area contributed by atoms with E-state index in [1.54, 1.807) is 0 Å². The third-order valence-electron chi connectivity index (χ3n) is 3.75. The molecule has 1 atom stereocenters. The van der Waals surface area contributed by atoms with Gasteiger partial charge in [-0.15, -0.1) is 11.8 Å². The van der Waals surface area contributed by atoms with Gasteiger partial charge >= 0.3 is 0 Å². The number of rotatable bonds is 5. The zero-order valence-corrected chi connectivity index (χ0v) is 12.9. The summed E-state index contributed by atoms with van der Waals surface area (Å²) >= 11 is 1.90. The van der Waals surface area contributed by atoms with Crippen molar-refractivity contribution in [1.82, 2.24) is 0 Å². The van der Waals surface area contributed by atoms with Crippen molar-refractivity contribution >= 4 is 17.5 Å². The first-order chi connectivity index (χ1) is 10.3. The molecule has 1 aliphatic heterocycles. The Morgan fingerprint density at radius 1 is 1.19 bits per heavy atom. The minimum absolute atomic E-state index is 0.169. The monoisotopic (exact) mass is 298 g/mol. The van der Waals surface area contributed by atoms with Crippen LogP contribution in [0.5, 0.6) is 5.75 Å². The summed E-state index contributed by atoms with van der Waals surface area (Å²) < 4.78 is 5.89. The molecule has 21 heavy (non-hydrogen) atoms. The van der Waals surface area contributed by atoms with E-state index in [1.165, 1.54) is 10.5 Å². The molecule has 0 aliphatic carbocycles. The third kappa shape index (κ3) is 3.13. The van der Waals surface area contributed by atoms with E-state index in [0.717, 1.165) is 17.1 Å². The number of fused-ring (bicyclic) bond motifs is 1. The lowest BCUT2D eigenvalue weighted by Crippen LogP contribution is -2.09. The highest BCUT2D eigenvalue weighted by molar-refractivity contribution is 7.99. The first-order valence-corrected chi connectivity index (χ1v) is 8.24. The molecule has 0 aromatic heterocycles. The number of Topliss-reactive ketones (excluding diaryl/α,β-unsaturated/α-hetero) is 1. The van der Waals surface area contributed by atoms with Crippen molar-refractivity contribution in [3.05, 3.63) is 59.7 Å². The van der Waals surface area contributed by atoms with Crippen LogP contribution in [0.4, 0.5) is 0 Å². The Hall–Kier alpha value is -1.74.